The van der Waals surface area contributed by atoms with Crippen LogP contribution in [0.5, 0.6) is 0 Å². The van der Waals surface area contributed by atoms with Gasteiger partial charge in [0.2, 0.25) is 11.8 Å². The first-order valence-electron chi connectivity index (χ1n) is 8.41. The number of aromatic nitrogens is 2. The number of anilines is 2. The first-order valence-corrected chi connectivity index (χ1v) is 9.22. The Morgan fingerprint density at radius 3 is 2.92 bits per heavy atom. The highest BCUT2D eigenvalue weighted by Gasteiger charge is 2.35. The maximum atomic E-state index is 12.5. The average molecular weight is 366 g/mol. The Hall–Kier alpha value is -2.80. The number of nitrogens with zero attached hydrogens (tertiary/aromatic N) is 3. The summed E-state index contributed by atoms with van der Waals surface area (Å²) in [5, 5.41) is 3.80. The van der Waals surface area contributed by atoms with Gasteiger partial charge in [0, 0.05) is 24.8 Å². The molecule has 1 N–H and O–H groups in total. The molecule has 26 heavy (non-hydrogen) atoms. The van der Waals surface area contributed by atoms with Crippen molar-refractivity contribution in [2.24, 2.45) is 5.92 Å². The van der Waals surface area contributed by atoms with Crippen LogP contribution in [-0.2, 0) is 9.59 Å². The van der Waals surface area contributed by atoms with Crippen LogP contribution >= 0.6 is 11.3 Å². The average Bonchev–Trinajstić information content (AvgIpc) is 3.16. The molecule has 1 aliphatic rings. The molecule has 3 aromatic rings. The maximum Gasteiger partial charge on any atom is 0.230 e. The Labute approximate surface area is 154 Å². The van der Waals surface area contributed by atoms with Crippen LogP contribution in [0.15, 0.2) is 36.5 Å². The van der Waals surface area contributed by atoms with Gasteiger partial charge in [-0.25, -0.2) is 9.97 Å². The van der Waals surface area contributed by atoms with Gasteiger partial charge in [-0.05, 0) is 49.7 Å². The number of hydrogen-bond donors (Lipinski definition) is 1. The zero-order valence-corrected chi connectivity index (χ0v) is 15.3. The molecule has 6 nitrogen and oxygen atoms in total. The third-order valence-corrected chi connectivity index (χ3v) is 5.40. The fourth-order valence-corrected chi connectivity index (χ4v) is 3.97. The number of pyridine rings is 1. The van der Waals surface area contributed by atoms with Gasteiger partial charge in [0.15, 0.2) is 0 Å². The van der Waals surface area contributed by atoms with Gasteiger partial charge in [-0.15, -0.1) is 11.3 Å². The lowest BCUT2D eigenvalue weighted by Gasteiger charge is -2.16. The molecular weight excluding hydrogens is 348 g/mol. The van der Waals surface area contributed by atoms with Crippen molar-refractivity contribution in [3.8, 4) is 0 Å². The number of carbonyl (C=O) groups excluding carboxylic acids is 2. The van der Waals surface area contributed by atoms with Gasteiger partial charge in [0.25, 0.3) is 0 Å². The number of benzene rings is 1. The minimum absolute atomic E-state index is 0.0475. The van der Waals surface area contributed by atoms with Crippen LogP contribution in [0.25, 0.3) is 10.2 Å². The van der Waals surface area contributed by atoms with E-state index in [1.807, 2.05) is 44.2 Å². The molecule has 2 aromatic heterocycles. The first-order chi connectivity index (χ1) is 12.5. The molecule has 0 radical (unpaired) electrons. The van der Waals surface area contributed by atoms with Gasteiger partial charge < -0.3 is 10.2 Å². The molecule has 3 heterocycles. The number of amides is 2. The van der Waals surface area contributed by atoms with Gasteiger partial charge in [0.1, 0.15) is 5.82 Å². The largest absolute Gasteiger partial charge is 0.312 e. The van der Waals surface area contributed by atoms with E-state index in [2.05, 4.69) is 15.3 Å². The predicted molar refractivity (Wildman–Crippen MR) is 102 cm³/mol. The lowest BCUT2D eigenvalue weighted by Crippen LogP contribution is -2.28. The smallest absolute Gasteiger partial charge is 0.230 e. The fraction of sp³-hybridized carbons (Fsp3) is 0.263. The number of aryl methyl sites for hydroxylation is 2. The maximum absolute atomic E-state index is 12.5. The van der Waals surface area contributed by atoms with Crippen molar-refractivity contribution in [2.75, 3.05) is 16.8 Å². The summed E-state index contributed by atoms with van der Waals surface area (Å²) in [6.45, 7) is 4.27. The second kappa shape index (κ2) is 6.49. The van der Waals surface area contributed by atoms with Gasteiger partial charge >= 0.3 is 0 Å². The van der Waals surface area contributed by atoms with Crippen molar-refractivity contribution in [3.63, 3.8) is 0 Å². The van der Waals surface area contributed by atoms with E-state index >= 15 is 0 Å². The summed E-state index contributed by atoms with van der Waals surface area (Å²) < 4.78 is 1.10. The van der Waals surface area contributed by atoms with E-state index in [0.29, 0.717) is 12.4 Å². The van der Waals surface area contributed by atoms with E-state index < -0.39 is 5.92 Å². The van der Waals surface area contributed by atoms with E-state index in [4.69, 9.17) is 0 Å². The van der Waals surface area contributed by atoms with E-state index in [0.717, 1.165) is 26.5 Å². The molecule has 4 rings (SSSR count). The molecule has 0 bridgehead atoms. The minimum Gasteiger partial charge on any atom is -0.312 e. The molecular formula is C19H18N4O2S. The SMILES string of the molecule is Cc1ccnc(NC(=O)C2CC(=O)N(c3ccc4sc(C)nc4c3)C2)c1. The Balaban J connectivity index is 1.51. The van der Waals surface area contributed by atoms with Crippen molar-refractivity contribution in [1.82, 2.24) is 9.97 Å². The Bertz CT molecular complexity index is 1010. The van der Waals surface area contributed by atoms with Crippen molar-refractivity contribution >= 4 is 44.9 Å². The topological polar surface area (TPSA) is 75.2 Å². The number of fused-ring (bicyclic) bond motifs is 1. The monoisotopic (exact) mass is 366 g/mol. The number of thiazole rings is 1. The summed E-state index contributed by atoms with van der Waals surface area (Å²) in [6.07, 6.45) is 1.86. The lowest BCUT2D eigenvalue weighted by atomic mass is 10.1. The van der Waals surface area contributed by atoms with Crippen LogP contribution in [-0.4, -0.2) is 28.3 Å². The van der Waals surface area contributed by atoms with Crippen LogP contribution in [0.1, 0.15) is 17.0 Å². The second-order valence-corrected chi connectivity index (χ2v) is 7.73. The first kappa shape index (κ1) is 16.7. The van der Waals surface area contributed by atoms with Crippen molar-refractivity contribution in [2.45, 2.75) is 20.3 Å². The Morgan fingerprint density at radius 1 is 1.27 bits per heavy atom. The van der Waals surface area contributed by atoms with E-state index in [-0.39, 0.29) is 18.2 Å². The third kappa shape index (κ3) is 3.17. The minimum atomic E-state index is -0.391. The Morgan fingerprint density at radius 2 is 2.12 bits per heavy atom. The molecule has 2 amide bonds. The molecule has 1 fully saturated rings. The van der Waals surface area contributed by atoms with Gasteiger partial charge in [0.05, 0.1) is 21.1 Å². The number of nitrogens with one attached hydrogen (secondary N) is 1. The summed E-state index contributed by atoms with van der Waals surface area (Å²) in [4.78, 5) is 35.3. The van der Waals surface area contributed by atoms with Crippen LogP contribution in [0, 0.1) is 19.8 Å². The highest BCUT2D eigenvalue weighted by atomic mass is 32.1. The number of rotatable bonds is 3. The van der Waals surface area contributed by atoms with Crippen LogP contribution < -0.4 is 10.2 Å². The van der Waals surface area contributed by atoms with Gasteiger partial charge in [-0.2, -0.15) is 0 Å². The van der Waals surface area contributed by atoms with Crippen molar-refractivity contribution < 1.29 is 9.59 Å². The summed E-state index contributed by atoms with van der Waals surface area (Å²) >= 11 is 1.63. The van der Waals surface area contributed by atoms with E-state index in [1.165, 1.54) is 0 Å². The van der Waals surface area contributed by atoms with Crippen LogP contribution in [0.3, 0.4) is 0 Å². The summed E-state index contributed by atoms with van der Waals surface area (Å²) in [5.41, 5.74) is 2.69. The van der Waals surface area contributed by atoms with Gasteiger partial charge in [-0.3, -0.25) is 9.59 Å². The Kier molecular flexibility index (Phi) is 4.16. The quantitative estimate of drug-likeness (QED) is 0.772. The zero-order valence-electron chi connectivity index (χ0n) is 14.5. The molecule has 1 saturated heterocycles. The fourth-order valence-electron chi connectivity index (χ4n) is 3.16. The highest BCUT2D eigenvalue weighted by Crippen LogP contribution is 2.30. The van der Waals surface area contributed by atoms with Crippen LogP contribution in [0.4, 0.5) is 11.5 Å². The van der Waals surface area contributed by atoms with Crippen molar-refractivity contribution in [1.29, 1.82) is 0 Å². The normalized spacial score (nSPS) is 17.1. The third-order valence-electron chi connectivity index (χ3n) is 4.45. The highest BCUT2D eigenvalue weighted by molar-refractivity contribution is 7.18. The molecule has 1 atom stereocenters. The molecule has 0 saturated carbocycles. The van der Waals surface area contributed by atoms with E-state index in [9.17, 15) is 9.59 Å². The van der Waals surface area contributed by atoms with Gasteiger partial charge in [-0.1, -0.05) is 0 Å². The summed E-state index contributed by atoms with van der Waals surface area (Å²) in [5.74, 6) is -0.101. The standard InChI is InChI=1S/C19H18N4O2S/c1-11-5-6-20-17(7-11)22-19(25)13-8-18(24)23(10-13)14-3-4-16-15(9-14)21-12(2)26-16/h3-7,9,13H,8,10H2,1-2H3,(H,20,22,25). The summed E-state index contributed by atoms with van der Waals surface area (Å²) in [7, 11) is 0. The molecule has 1 aliphatic heterocycles. The molecule has 1 aromatic carbocycles. The van der Waals surface area contributed by atoms with Crippen LogP contribution in [0.2, 0.25) is 0 Å². The number of hydrogen-bond acceptors (Lipinski definition) is 5. The van der Waals surface area contributed by atoms with Crippen molar-refractivity contribution in [3.05, 3.63) is 47.1 Å². The molecule has 0 aliphatic carbocycles. The predicted octanol–water partition coefficient (Wildman–Crippen LogP) is 3.30. The second-order valence-electron chi connectivity index (χ2n) is 6.50. The molecule has 132 valence electrons. The lowest BCUT2D eigenvalue weighted by molar-refractivity contribution is -0.122. The summed E-state index contributed by atoms with van der Waals surface area (Å²) in [6, 6.07) is 9.49. The zero-order chi connectivity index (χ0) is 18.3. The molecule has 1 unspecified atom stereocenters. The molecule has 0 spiro atoms. The molecule has 7 heteroatoms. The van der Waals surface area contributed by atoms with E-state index in [1.54, 1.807) is 22.4 Å². The number of carbonyl (C=O) groups is 2.